The van der Waals surface area contributed by atoms with Crippen LogP contribution in [0.2, 0.25) is 0 Å². The first-order valence-electron chi connectivity index (χ1n) is 5.92. The Morgan fingerprint density at radius 3 is 2.39 bits per heavy atom. The highest BCUT2D eigenvalue weighted by Gasteiger charge is 2.12. The van der Waals surface area contributed by atoms with Crippen LogP contribution in [-0.2, 0) is 10.0 Å². The van der Waals surface area contributed by atoms with E-state index in [0.29, 0.717) is 4.90 Å². The molecule has 1 aromatic carbocycles. The summed E-state index contributed by atoms with van der Waals surface area (Å²) in [4.78, 5) is 0.315. The average molecular weight is 283 g/mol. The number of rotatable bonds is 3. The summed E-state index contributed by atoms with van der Waals surface area (Å²) in [6.07, 6.45) is 3.61. The van der Waals surface area contributed by atoms with E-state index < -0.39 is 10.0 Å². The predicted octanol–water partition coefficient (Wildman–Crippen LogP) is 2.68. The largest absolute Gasteiger partial charge is 0.286 e. The number of hydrogen-bond donors (Lipinski definition) is 1. The molecule has 98 valence electrons. The van der Waals surface area contributed by atoms with Crippen LogP contribution in [0.15, 0.2) is 40.9 Å². The first kappa shape index (κ1) is 13.5. The van der Waals surface area contributed by atoms with Crippen molar-refractivity contribution in [2.75, 3.05) is 11.5 Å². The summed E-state index contributed by atoms with van der Waals surface area (Å²) in [5, 5.41) is 0. The molecule has 1 aromatic rings. The van der Waals surface area contributed by atoms with Crippen molar-refractivity contribution in [1.82, 2.24) is 4.72 Å². The molecule has 0 saturated carbocycles. The van der Waals surface area contributed by atoms with Gasteiger partial charge in [0.2, 0.25) is 0 Å². The highest BCUT2D eigenvalue weighted by molar-refractivity contribution is 7.99. The third kappa shape index (κ3) is 3.53. The zero-order chi connectivity index (χ0) is 13.0. The van der Waals surface area contributed by atoms with Gasteiger partial charge in [0.1, 0.15) is 0 Å². The van der Waals surface area contributed by atoms with E-state index in [1.807, 2.05) is 18.7 Å². The second kappa shape index (κ2) is 5.80. The van der Waals surface area contributed by atoms with Gasteiger partial charge in [-0.25, -0.2) is 8.42 Å². The standard InChI is InChI=1S/C13H17NO2S2/c1-11-2-4-13(5-3-11)18(15,16)14-10-12-6-8-17-9-7-12/h2-5,10,14H,6-9H2,1H3. The van der Waals surface area contributed by atoms with E-state index in [9.17, 15) is 8.42 Å². The highest BCUT2D eigenvalue weighted by atomic mass is 32.2. The van der Waals surface area contributed by atoms with E-state index in [2.05, 4.69) is 4.72 Å². The van der Waals surface area contributed by atoms with Crippen molar-refractivity contribution in [3.63, 3.8) is 0 Å². The quantitative estimate of drug-likeness (QED) is 0.927. The van der Waals surface area contributed by atoms with Crippen LogP contribution in [0.4, 0.5) is 0 Å². The molecule has 1 N–H and O–H groups in total. The van der Waals surface area contributed by atoms with E-state index in [-0.39, 0.29) is 0 Å². The predicted molar refractivity (Wildman–Crippen MR) is 76.1 cm³/mol. The summed E-state index contributed by atoms with van der Waals surface area (Å²) in [7, 11) is -3.41. The molecule has 0 amide bonds. The maximum absolute atomic E-state index is 12.0. The lowest BCUT2D eigenvalue weighted by molar-refractivity contribution is 0.590. The maximum Gasteiger partial charge on any atom is 0.261 e. The fraction of sp³-hybridized carbons (Fsp3) is 0.385. The van der Waals surface area contributed by atoms with Crippen LogP contribution in [0.5, 0.6) is 0 Å². The van der Waals surface area contributed by atoms with Crippen molar-refractivity contribution in [1.29, 1.82) is 0 Å². The van der Waals surface area contributed by atoms with Crippen LogP contribution in [0.1, 0.15) is 18.4 Å². The molecule has 1 fully saturated rings. The number of hydrogen-bond acceptors (Lipinski definition) is 3. The Hall–Kier alpha value is -0.940. The molecule has 1 saturated heterocycles. The molecule has 5 heteroatoms. The van der Waals surface area contributed by atoms with Gasteiger partial charge in [-0.15, -0.1) is 0 Å². The molecular formula is C13H17NO2S2. The lowest BCUT2D eigenvalue weighted by atomic mass is 10.2. The molecule has 0 aliphatic carbocycles. The van der Waals surface area contributed by atoms with Gasteiger partial charge < -0.3 is 0 Å². The van der Waals surface area contributed by atoms with Crippen molar-refractivity contribution >= 4 is 21.8 Å². The summed E-state index contributed by atoms with van der Waals surface area (Å²) in [6.45, 7) is 1.94. The van der Waals surface area contributed by atoms with Gasteiger partial charge in [-0.1, -0.05) is 23.3 Å². The summed E-state index contributed by atoms with van der Waals surface area (Å²) in [5.41, 5.74) is 2.24. The first-order valence-corrected chi connectivity index (χ1v) is 8.56. The Bertz CT molecular complexity index is 525. The Morgan fingerprint density at radius 2 is 1.78 bits per heavy atom. The fourth-order valence-corrected chi connectivity index (χ4v) is 3.69. The second-order valence-corrected chi connectivity index (χ2v) is 7.29. The Labute approximate surface area is 113 Å². The van der Waals surface area contributed by atoms with E-state index in [1.54, 1.807) is 30.5 Å². The monoisotopic (exact) mass is 283 g/mol. The van der Waals surface area contributed by atoms with Crippen LogP contribution in [0, 0.1) is 6.92 Å². The van der Waals surface area contributed by atoms with Crippen LogP contribution >= 0.6 is 11.8 Å². The van der Waals surface area contributed by atoms with Gasteiger partial charge in [-0.05, 0) is 43.4 Å². The van der Waals surface area contributed by atoms with Gasteiger partial charge in [0, 0.05) is 6.20 Å². The van der Waals surface area contributed by atoms with Crippen molar-refractivity contribution < 1.29 is 8.42 Å². The maximum atomic E-state index is 12.0. The number of nitrogens with one attached hydrogen (secondary N) is 1. The van der Waals surface area contributed by atoms with Crippen LogP contribution in [-0.4, -0.2) is 19.9 Å². The van der Waals surface area contributed by atoms with Crippen LogP contribution in [0.25, 0.3) is 0 Å². The topological polar surface area (TPSA) is 46.2 Å². The van der Waals surface area contributed by atoms with E-state index in [0.717, 1.165) is 29.9 Å². The number of thioether (sulfide) groups is 1. The van der Waals surface area contributed by atoms with Gasteiger partial charge in [0.05, 0.1) is 4.90 Å². The smallest absolute Gasteiger partial charge is 0.261 e. The summed E-state index contributed by atoms with van der Waals surface area (Å²) in [6, 6.07) is 6.87. The van der Waals surface area contributed by atoms with Crippen molar-refractivity contribution in [2.24, 2.45) is 0 Å². The normalized spacial score (nSPS) is 16.4. The van der Waals surface area contributed by atoms with Gasteiger partial charge in [0.15, 0.2) is 0 Å². The lowest BCUT2D eigenvalue weighted by Crippen LogP contribution is -2.19. The second-order valence-electron chi connectivity index (χ2n) is 4.35. The third-order valence-corrected chi connectivity index (χ3v) is 5.19. The summed E-state index contributed by atoms with van der Waals surface area (Å²) in [5.74, 6) is 2.16. The fourth-order valence-electron chi connectivity index (χ4n) is 1.72. The minimum Gasteiger partial charge on any atom is -0.286 e. The molecule has 0 spiro atoms. The molecule has 0 unspecified atom stereocenters. The molecule has 2 rings (SSSR count). The molecule has 1 heterocycles. The van der Waals surface area contributed by atoms with E-state index in [4.69, 9.17) is 0 Å². The minimum atomic E-state index is -3.41. The van der Waals surface area contributed by atoms with Gasteiger partial charge in [-0.3, -0.25) is 4.72 Å². The SMILES string of the molecule is Cc1ccc(S(=O)(=O)NC=C2CCSCC2)cc1. The van der Waals surface area contributed by atoms with E-state index >= 15 is 0 Å². The number of benzene rings is 1. The molecule has 0 aromatic heterocycles. The Balaban J connectivity index is 2.09. The molecule has 0 atom stereocenters. The molecule has 18 heavy (non-hydrogen) atoms. The highest BCUT2D eigenvalue weighted by Crippen LogP contribution is 2.21. The third-order valence-electron chi connectivity index (χ3n) is 2.88. The Kier molecular flexibility index (Phi) is 4.35. The lowest BCUT2D eigenvalue weighted by Gasteiger charge is -2.13. The number of aryl methyl sites for hydroxylation is 1. The molecule has 0 radical (unpaired) electrons. The van der Waals surface area contributed by atoms with E-state index in [1.165, 1.54) is 5.57 Å². The molecule has 3 nitrogen and oxygen atoms in total. The summed E-state index contributed by atoms with van der Waals surface area (Å²) < 4.78 is 26.6. The summed E-state index contributed by atoms with van der Waals surface area (Å²) >= 11 is 1.91. The minimum absolute atomic E-state index is 0.315. The van der Waals surface area contributed by atoms with Gasteiger partial charge >= 0.3 is 0 Å². The first-order chi connectivity index (χ1) is 8.58. The molecule has 0 bridgehead atoms. The molecular weight excluding hydrogens is 266 g/mol. The molecule has 1 aliphatic heterocycles. The van der Waals surface area contributed by atoms with Crippen molar-refractivity contribution in [2.45, 2.75) is 24.7 Å². The van der Waals surface area contributed by atoms with Crippen molar-refractivity contribution in [3.8, 4) is 0 Å². The van der Waals surface area contributed by atoms with Gasteiger partial charge in [-0.2, -0.15) is 11.8 Å². The molecule has 1 aliphatic rings. The average Bonchev–Trinajstić information content (AvgIpc) is 2.38. The van der Waals surface area contributed by atoms with Crippen LogP contribution in [0.3, 0.4) is 0 Å². The Morgan fingerprint density at radius 1 is 1.17 bits per heavy atom. The van der Waals surface area contributed by atoms with Crippen molar-refractivity contribution in [3.05, 3.63) is 41.6 Å². The number of allylic oxidation sites excluding steroid dienone is 1. The van der Waals surface area contributed by atoms with Crippen LogP contribution < -0.4 is 4.72 Å². The van der Waals surface area contributed by atoms with Gasteiger partial charge in [0.25, 0.3) is 10.0 Å². The zero-order valence-electron chi connectivity index (χ0n) is 10.3. The zero-order valence-corrected chi connectivity index (χ0v) is 12.0. The number of sulfonamides is 1.